The molecule has 0 saturated carbocycles. The van der Waals surface area contributed by atoms with Gasteiger partial charge in [0.1, 0.15) is 23.9 Å². The number of hydrogen-bond donors (Lipinski definition) is 0. The molecule has 220 valence electrons. The van der Waals surface area contributed by atoms with Crippen LogP contribution in [0.3, 0.4) is 0 Å². The number of aromatic nitrogens is 1. The average molecular weight is 563 g/mol. The number of nitrogens with zero attached hydrogens (tertiary/aromatic N) is 4. The third-order valence-corrected chi connectivity index (χ3v) is 7.39. The summed E-state index contributed by atoms with van der Waals surface area (Å²) < 4.78 is 28.0. The van der Waals surface area contributed by atoms with Crippen molar-refractivity contribution in [3.63, 3.8) is 0 Å². The van der Waals surface area contributed by atoms with Gasteiger partial charge in [-0.25, -0.2) is 4.98 Å². The molecule has 9 nitrogen and oxygen atoms in total. The summed E-state index contributed by atoms with van der Waals surface area (Å²) in [5, 5.41) is 0. The summed E-state index contributed by atoms with van der Waals surface area (Å²) >= 11 is 0. The molecule has 1 aromatic heterocycles. The lowest BCUT2D eigenvalue weighted by molar-refractivity contribution is 0.0170. The van der Waals surface area contributed by atoms with Gasteiger partial charge < -0.3 is 33.5 Å². The lowest BCUT2D eigenvalue weighted by Gasteiger charge is -2.29. The molecule has 2 fully saturated rings. The number of anilines is 2. The maximum absolute atomic E-state index is 5.90. The topological polar surface area (TPSA) is 68.8 Å². The van der Waals surface area contributed by atoms with Gasteiger partial charge in [-0.2, -0.15) is 0 Å². The van der Waals surface area contributed by atoms with Gasteiger partial charge in [-0.05, 0) is 47.5 Å². The Balaban J connectivity index is 1.17. The lowest BCUT2D eigenvalue weighted by atomic mass is 10.1. The summed E-state index contributed by atoms with van der Waals surface area (Å²) in [7, 11) is 1.70. The Morgan fingerprint density at radius 2 is 1.54 bits per heavy atom. The van der Waals surface area contributed by atoms with Crippen LogP contribution in [-0.2, 0) is 27.3 Å². The van der Waals surface area contributed by atoms with E-state index in [9.17, 15) is 0 Å². The molecule has 0 aliphatic carbocycles. The van der Waals surface area contributed by atoms with Crippen LogP contribution in [0.2, 0.25) is 0 Å². The highest BCUT2D eigenvalue weighted by atomic mass is 16.5. The summed E-state index contributed by atoms with van der Waals surface area (Å²) in [5.41, 5.74) is 3.62. The molecule has 3 heterocycles. The van der Waals surface area contributed by atoms with Crippen LogP contribution in [0.25, 0.3) is 0 Å². The van der Waals surface area contributed by atoms with E-state index in [2.05, 4.69) is 51.1 Å². The van der Waals surface area contributed by atoms with Crippen LogP contribution in [0.15, 0.2) is 66.9 Å². The molecule has 9 heteroatoms. The van der Waals surface area contributed by atoms with Crippen LogP contribution in [0.4, 0.5) is 11.5 Å². The number of methoxy groups -OCH3 is 1. The van der Waals surface area contributed by atoms with Crippen molar-refractivity contribution in [2.45, 2.75) is 13.1 Å². The smallest absolute Gasteiger partial charge is 0.137 e. The van der Waals surface area contributed by atoms with E-state index in [0.717, 1.165) is 88.6 Å². The SMILES string of the molecule is COc1cccc(CN(Cc2ccc(N3CCOCC3)cc2)c2ccc(OCCOCCN3CCOCC3)cn2)c1. The standard InChI is InChI=1S/C32H42N4O5/c1-37-30-4-2-3-28(23-30)26-36(25-27-5-7-29(8-6-27)35-14-19-39-20-15-35)32-10-9-31(24-33-32)41-22-21-40-18-13-34-11-16-38-17-12-34/h2-10,23-24H,11-22,25-26H2,1H3. The summed E-state index contributed by atoms with van der Waals surface area (Å²) in [4.78, 5) is 11.8. The molecule has 0 atom stereocenters. The van der Waals surface area contributed by atoms with Gasteiger partial charge in [0, 0.05) is 51.5 Å². The van der Waals surface area contributed by atoms with Crippen molar-refractivity contribution < 1.29 is 23.7 Å². The van der Waals surface area contributed by atoms with E-state index < -0.39 is 0 Å². The molecule has 0 unspecified atom stereocenters. The Bertz CT molecular complexity index is 1170. The molecule has 5 rings (SSSR count). The number of benzene rings is 2. The van der Waals surface area contributed by atoms with Crippen molar-refractivity contribution in [3.05, 3.63) is 78.0 Å². The predicted octanol–water partition coefficient (Wildman–Crippen LogP) is 3.86. The second-order valence-corrected chi connectivity index (χ2v) is 10.2. The van der Waals surface area contributed by atoms with E-state index in [0.29, 0.717) is 26.4 Å². The van der Waals surface area contributed by atoms with E-state index >= 15 is 0 Å². The fraction of sp³-hybridized carbons (Fsp3) is 0.469. The first-order valence-corrected chi connectivity index (χ1v) is 14.5. The van der Waals surface area contributed by atoms with Crippen molar-refractivity contribution in [1.82, 2.24) is 9.88 Å². The minimum atomic E-state index is 0.493. The number of ether oxygens (including phenoxy) is 5. The van der Waals surface area contributed by atoms with Crippen molar-refractivity contribution in [2.75, 3.05) is 95.9 Å². The van der Waals surface area contributed by atoms with Gasteiger partial charge in [-0.1, -0.05) is 24.3 Å². The lowest BCUT2D eigenvalue weighted by Crippen LogP contribution is -2.38. The maximum Gasteiger partial charge on any atom is 0.137 e. The molecule has 0 amide bonds. The highest BCUT2D eigenvalue weighted by Gasteiger charge is 2.14. The van der Waals surface area contributed by atoms with E-state index in [1.165, 1.54) is 11.3 Å². The molecule has 0 bridgehead atoms. The van der Waals surface area contributed by atoms with Crippen molar-refractivity contribution >= 4 is 11.5 Å². The van der Waals surface area contributed by atoms with Crippen molar-refractivity contribution in [3.8, 4) is 11.5 Å². The van der Waals surface area contributed by atoms with E-state index in [4.69, 9.17) is 28.7 Å². The Morgan fingerprint density at radius 3 is 2.27 bits per heavy atom. The zero-order valence-electron chi connectivity index (χ0n) is 24.1. The molecule has 2 aromatic carbocycles. The van der Waals surface area contributed by atoms with Gasteiger partial charge in [0.05, 0.1) is 52.9 Å². The molecule has 0 radical (unpaired) electrons. The third kappa shape index (κ3) is 9.06. The minimum absolute atomic E-state index is 0.493. The number of rotatable bonds is 14. The highest BCUT2D eigenvalue weighted by Crippen LogP contribution is 2.24. The van der Waals surface area contributed by atoms with Gasteiger partial charge in [0.15, 0.2) is 0 Å². The second-order valence-electron chi connectivity index (χ2n) is 10.2. The van der Waals surface area contributed by atoms with Crippen LogP contribution in [0.5, 0.6) is 11.5 Å². The molecule has 41 heavy (non-hydrogen) atoms. The van der Waals surface area contributed by atoms with Gasteiger partial charge in [-0.15, -0.1) is 0 Å². The maximum atomic E-state index is 5.90. The Morgan fingerprint density at radius 1 is 0.780 bits per heavy atom. The molecule has 0 spiro atoms. The van der Waals surface area contributed by atoms with Crippen LogP contribution >= 0.6 is 0 Å². The molecular weight excluding hydrogens is 520 g/mol. The first-order chi connectivity index (χ1) is 20.3. The average Bonchev–Trinajstić information content (AvgIpc) is 3.04. The van der Waals surface area contributed by atoms with E-state index in [1.54, 1.807) is 13.3 Å². The Labute approximate surface area is 243 Å². The van der Waals surface area contributed by atoms with Gasteiger partial charge in [-0.3, -0.25) is 4.90 Å². The number of morpholine rings is 2. The molecule has 3 aromatic rings. The predicted molar refractivity (Wildman–Crippen MR) is 160 cm³/mol. The summed E-state index contributed by atoms with van der Waals surface area (Å²) in [5.74, 6) is 2.47. The van der Waals surface area contributed by atoms with E-state index in [-0.39, 0.29) is 0 Å². The van der Waals surface area contributed by atoms with Crippen LogP contribution in [0, 0.1) is 0 Å². The van der Waals surface area contributed by atoms with Crippen LogP contribution in [-0.4, -0.2) is 96.0 Å². The Kier molecular flexibility index (Phi) is 11.1. The highest BCUT2D eigenvalue weighted by molar-refractivity contribution is 5.49. The van der Waals surface area contributed by atoms with Gasteiger partial charge >= 0.3 is 0 Å². The van der Waals surface area contributed by atoms with E-state index in [1.807, 2.05) is 24.3 Å². The second kappa shape index (κ2) is 15.6. The zero-order chi connectivity index (χ0) is 28.1. The normalized spacial score (nSPS) is 16.0. The van der Waals surface area contributed by atoms with Crippen molar-refractivity contribution in [2.24, 2.45) is 0 Å². The molecule has 2 saturated heterocycles. The van der Waals surface area contributed by atoms with Gasteiger partial charge in [0.2, 0.25) is 0 Å². The Hall–Kier alpha value is -3.37. The molecule has 2 aliphatic heterocycles. The molecular formula is C32H42N4O5. The molecule has 2 aliphatic rings. The monoisotopic (exact) mass is 562 g/mol. The van der Waals surface area contributed by atoms with Gasteiger partial charge in [0.25, 0.3) is 0 Å². The van der Waals surface area contributed by atoms with Crippen molar-refractivity contribution in [1.29, 1.82) is 0 Å². The molecule has 0 N–H and O–H groups in total. The fourth-order valence-electron chi connectivity index (χ4n) is 5.05. The summed E-state index contributed by atoms with van der Waals surface area (Å²) in [6, 6.07) is 21.0. The number of hydrogen-bond acceptors (Lipinski definition) is 9. The summed E-state index contributed by atoms with van der Waals surface area (Å²) in [6.07, 6.45) is 1.79. The first-order valence-electron chi connectivity index (χ1n) is 14.5. The zero-order valence-corrected chi connectivity index (χ0v) is 24.1. The number of pyridine rings is 1. The van der Waals surface area contributed by atoms with Crippen LogP contribution in [0.1, 0.15) is 11.1 Å². The fourth-order valence-corrected chi connectivity index (χ4v) is 5.05. The summed E-state index contributed by atoms with van der Waals surface area (Å²) in [6.45, 7) is 11.1. The minimum Gasteiger partial charge on any atom is -0.497 e. The first kappa shape index (κ1) is 29.1. The quantitative estimate of drug-likeness (QED) is 0.273. The third-order valence-electron chi connectivity index (χ3n) is 7.39. The van der Waals surface area contributed by atoms with Crippen LogP contribution < -0.4 is 19.3 Å². The largest absolute Gasteiger partial charge is 0.497 e.